The van der Waals surface area contributed by atoms with Crippen molar-refractivity contribution in [3.63, 3.8) is 0 Å². The molecular formula is C17H15Cl2NO. The summed E-state index contributed by atoms with van der Waals surface area (Å²) in [5.74, 6) is -0.0759. The van der Waals surface area contributed by atoms with Gasteiger partial charge in [0.15, 0.2) is 0 Å². The van der Waals surface area contributed by atoms with E-state index >= 15 is 0 Å². The third kappa shape index (κ3) is 2.92. The molecule has 0 saturated carbocycles. The zero-order chi connectivity index (χ0) is 14.8. The van der Waals surface area contributed by atoms with Crippen molar-refractivity contribution in [2.24, 2.45) is 0 Å². The van der Waals surface area contributed by atoms with Gasteiger partial charge < -0.3 is 5.32 Å². The van der Waals surface area contributed by atoms with Crippen LogP contribution in [-0.4, -0.2) is 12.5 Å². The highest BCUT2D eigenvalue weighted by Crippen LogP contribution is 2.41. The molecule has 3 rings (SSSR count). The Morgan fingerprint density at radius 3 is 2.52 bits per heavy atom. The lowest BCUT2D eigenvalue weighted by molar-refractivity contribution is -0.124. The molecule has 2 aromatic carbocycles. The molecule has 1 saturated heterocycles. The van der Waals surface area contributed by atoms with E-state index in [1.807, 2.05) is 42.5 Å². The summed E-state index contributed by atoms with van der Waals surface area (Å²) in [5.41, 5.74) is 2.01. The molecule has 4 heteroatoms. The molecule has 2 nitrogen and oxygen atoms in total. The SMILES string of the molecule is O=C1NCC[C@H](c2ccc(Cl)cc2Cl)[C@H]1c1ccccc1. The van der Waals surface area contributed by atoms with Crippen molar-refractivity contribution in [2.45, 2.75) is 18.3 Å². The monoisotopic (exact) mass is 319 g/mol. The number of nitrogens with one attached hydrogen (secondary N) is 1. The van der Waals surface area contributed by atoms with E-state index in [-0.39, 0.29) is 17.7 Å². The quantitative estimate of drug-likeness (QED) is 0.874. The Balaban J connectivity index is 2.04. The van der Waals surface area contributed by atoms with Gasteiger partial charge in [0.05, 0.1) is 5.92 Å². The summed E-state index contributed by atoms with van der Waals surface area (Å²) in [5, 5.41) is 4.19. The molecule has 1 aliphatic rings. The predicted molar refractivity (Wildman–Crippen MR) is 86.0 cm³/mol. The predicted octanol–water partition coefficient (Wildman–Crippen LogP) is 4.38. The van der Waals surface area contributed by atoms with Gasteiger partial charge in [0, 0.05) is 22.5 Å². The minimum atomic E-state index is -0.210. The van der Waals surface area contributed by atoms with Crippen LogP contribution in [0.2, 0.25) is 10.0 Å². The minimum absolute atomic E-state index is 0.0588. The van der Waals surface area contributed by atoms with Crippen LogP contribution in [0.15, 0.2) is 48.5 Å². The first kappa shape index (κ1) is 14.4. The Morgan fingerprint density at radius 1 is 1.05 bits per heavy atom. The summed E-state index contributed by atoms with van der Waals surface area (Å²) in [6, 6.07) is 15.4. The summed E-state index contributed by atoms with van der Waals surface area (Å²) in [7, 11) is 0. The van der Waals surface area contributed by atoms with E-state index in [2.05, 4.69) is 5.32 Å². The van der Waals surface area contributed by atoms with Gasteiger partial charge in [-0.15, -0.1) is 0 Å². The zero-order valence-corrected chi connectivity index (χ0v) is 12.9. The van der Waals surface area contributed by atoms with Gasteiger partial charge in [-0.1, -0.05) is 59.6 Å². The lowest BCUT2D eigenvalue weighted by Gasteiger charge is -2.32. The van der Waals surface area contributed by atoms with E-state index in [4.69, 9.17) is 23.2 Å². The number of piperidine rings is 1. The zero-order valence-electron chi connectivity index (χ0n) is 11.4. The average molecular weight is 320 g/mol. The van der Waals surface area contributed by atoms with Crippen LogP contribution in [0.5, 0.6) is 0 Å². The van der Waals surface area contributed by atoms with E-state index < -0.39 is 0 Å². The Labute approximate surface area is 134 Å². The van der Waals surface area contributed by atoms with E-state index in [1.165, 1.54) is 0 Å². The van der Waals surface area contributed by atoms with Gasteiger partial charge in [-0.05, 0) is 29.7 Å². The number of hydrogen-bond acceptors (Lipinski definition) is 1. The molecule has 0 aromatic heterocycles. The lowest BCUT2D eigenvalue weighted by atomic mass is 9.77. The van der Waals surface area contributed by atoms with Crippen molar-refractivity contribution in [1.82, 2.24) is 5.32 Å². The van der Waals surface area contributed by atoms with Crippen LogP contribution in [0.3, 0.4) is 0 Å². The third-order valence-electron chi connectivity index (χ3n) is 3.96. The van der Waals surface area contributed by atoms with E-state index in [9.17, 15) is 4.79 Å². The van der Waals surface area contributed by atoms with Crippen molar-refractivity contribution < 1.29 is 4.79 Å². The van der Waals surface area contributed by atoms with Gasteiger partial charge >= 0.3 is 0 Å². The van der Waals surface area contributed by atoms with Crippen LogP contribution in [0, 0.1) is 0 Å². The summed E-state index contributed by atoms with van der Waals surface area (Å²) < 4.78 is 0. The number of amides is 1. The summed E-state index contributed by atoms with van der Waals surface area (Å²) in [4.78, 5) is 12.4. The molecule has 2 aromatic rings. The number of hydrogen-bond donors (Lipinski definition) is 1. The molecule has 0 unspecified atom stereocenters. The average Bonchev–Trinajstić information content (AvgIpc) is 2.48. The first-order valence-corrected chi connectivity index (χ1v) is 7.70. The highest BCUT2D eigenvalue weighted by molar-refractivity contribution is 6.35. The summed E-state index contributed by atoms with van der Waals surface area (Å²) in [6.07, 6.45) is 0.868. The molecular weight excluding hydrogens is 305 g/mol. The van der Waals surface area contributed by atoms with Crippen LogP contribution >= 0.6 is 23.2 Å². The molecule has 108 valence electrons. The second-order valence-corrected chi connectivity index (χ2v) is 6.08. The van der Waals surface area contributed by atoms with Crippen LogP contribution in [-0.2, 0) is 4.79 Å². The number of rotatable bonds is 2. The van der Waals surface area contributed by atoms with Crippen molar-refractivity contribution in [3.05, 3.63) is 69.7 Å². The molecule has 1 amide bonds. The van der Waals surface area contributed by atoms with Gasteiger partial charge in [-0.25, -0.2) is 0 Å². The third-order valence-corrected chi connectivity index (χ3v) is 4.52. The number of benzene rings is 2. The minimum Gasteiger partial charge on any atom is -0.356 e. The van der Waals surface area contributed by atoms with Crippen LogP contribution in [0.1, 0.15) is 29.4 Å². The normalized spacial score (nSPS) is 21.9. The maximum atomic E-state index is 12.4. The van der Waals surface area contributed by atoms with Gasteiger partial charge in [-0.2, -0.15) is 0 Å². The van der Waals surface area contributed by atoms with Crippen LogP contribution < -0.4 is 5.32 Å². The Kier molecular flexibility index (Phi) is 4.18. The molecule has 0 spiro atoms. The summed E-state index contributed by atoms with van der Waals surface area (Å²) in [6.45, 7) is 0.672. The fraction of sp³-hybridized carbons (Fsp3) is 0.235. The molecule has 1 aliphatic heterocycles. The molecule has 1 N–H and O–H groups in total. The van der Waals surface area contributed by atoms with Gasteiger partial charge in [0.1, 0.15) is 0 Å². The van der Waals surface area contributed by atoms with Gasteiger partial charge in [0.2, 0.25) is 5.91 Å². The van der Waals surface area contributed by atoms with E-state index in [0.717, 1.165) is 17.5 Å². The van der Waals surface area contributed by atoms with Gasteiger partial charge in [0.25, 0.3) is 0 Å². The Morgan fingerprint density at radius 2 is 1.81 bits per heavy atom. The van der Waals surface area contributed by atoms with Crippen molar-refractivity contribution in [1.29, 1.82) is 0 Å². The van der Waals surface area contributed by atoms with Crippen molar-refractivity contribution >= 4 is 29.1 Å². The maximum absolute atomic E-state index is 12.4. The standard InChI is InChI=1S/C17H15Cl2NO/c18-12-6-7-13(15(19)10-12)14-8-9-20-17(21)16(14)11-4-2-1-3-5-11/h1-7,10,14,16H,8-9H2,(H,20,21)/t14-,16-/m1/s1. The van der Waals surface area contributed by atoms with Crippen LogP contribution in [0.4, 0.5) is 0 Å². The number of carbonyl (C=O) groups is 1. The molecule has 0 bridgehead atoms. The second-order valence-electron chi connectivity index (χ2n) is 5.24. The number of halogens is 2. The fourth-order valence-corrected chi connectivity index (χ4v) is 3.54. The van der Waals surface area contributed by atoms with E-state index in [0.29, 0.717) is 16.6 Å². The topological polar surface area (TPSA) is 29.1 Å². The highest BCUT2D eigenvalue weighted by atomic mass is 35.5. The summed E-state index contributed by atoms with van der Waals surface area (Å²) >= 11 is 12.3. The molecule has 1 fully saturated rings. The maximum Gasteiger partial charge on any atom is 0.228 e. The van der Waals surface area contributed by atoms with Crippen molar-refractivity contribution in [2.75, 3.05) is 6.54 Å². The highest BCUT2D eigenvalue weighted by Gasteiger charge is 2.35. The van der Waals surface area contributed by atoms with Crippen LogP contribution in [0.25, 0.3) is 0 Å². The smallest absolute Gasteiger partial charge is 0.228 e. The molecule has 0 aliphatic carbocycles. The van der Waals surface area contributed by atoms with Gasteiger partial charge in [-0.3, -0.25) is 4.79 Å². The second kappa shape index (κ2) is 6.08. The van der Waals surface area contributed by atoms with E-state index in [1.54, 1.807) is 6.07 Å². The van der Waals surface area contributed by atoms with Crippen molar-refractivity contribution in [3.8, 4) is 0 Å². The first-order valence-electron chi connectivity index (χ1n) is 6.94. The molecule has 1 heterocycles. The first-order chi connectivity index (χ1) is 10.2. The Bertz CT molecular complexity index is 657. The molecule has 2 atom stereocenters. The number of carbonyl (C=O) groups excluding carboxylic acids is 1. The largest absolute Gasteiger partial charge is 0.356 e. The Hall–Kier alpha value is -1.51. The lowest BCUT2D eigenvalue weighted by Crippen LogP contribution is -2.39. The fourth-order valence-electron chi connectivity index (χ4n) is 2.99. The molecule has 21 heavy (non-hydrogen) atoms. The molecule has 0 radical (unpaired) electrons.